The van der Waals surface area contributed by atoms with Crippen molar-refractivity contribution < 1.29 is 14.4 Å². The van der Waals surface area contributed by atoms with E-state index in [1.165, 1.54) is 27.5 Å². The van der Waals surface area contributed by atoms with Crippen molar-refractivity contribution in [1.82, 2.24) is 4.98 Å². The molecule has 1 aliphatic rings. The number of benzene rings is 1. The zero-order valence-corrected chi connectivity index (χ0v) is 16.7. The fraction of sp³-hybridized carbons (Fsp3) is 0.300. The highest BCUT2D eigenvalue weighted by Gasteiger charge is 2.32. The molecule has 5 nitrogen and oxygen atoms in total. The number of thiazole rings is 1. The lowest BCUT2D eigenvalue weighted by Crippen LogP contribution is -3.11. The standard InChI is InChI=1S/C20H21N3O2S2/c1-25-15-8-6-14(7-9-15)16-13-27-20(21-16)22-19(24)12-23-10-2-4-17(23)18-5-3-11-26-18/h3,5-9,11,13,17H,2,4,10,12H2,1H3,(H,21,22,24)/p+1/t17-/m1/s1. The molecule has 0 bridgehead atoms. The van der Waals surface area contributed by atoms with Gasteiger partial charge in [-0.15, -0.1) is 22.7 Å². The summed E-state index contributed by atoms with van der Waals surface area (Å²) in [5, 5.41) is 7.70. The predicted molar refractivity (Wildman–Crippen MR) is 110 cm³/mol. The Kier molecular flexibility index (Phi) is 5.52. The molecule has 3 aromatic rings. The van der Waals surface area contributed by atoms with Crippen LogP contribution in [0.25, 0.3) is 11.3 Å². The van der Waals surface area contributed by atoms with Crippen LogP contribution in [-0.2, 0) is 4.79 Å². The van der Waals surface area contributed by atoms with Crippen molar-refractivity contribution in [1.29, 1.82) is 0 Å². The number of thiophene rings is 1. The molecule has 0 aliphatic carbocycles. The smallest absolute Gasteiger partial charge is 0.281 e. The third kappa shape index (κ3) is 4.21. The normalized spacial score (nSPS) is 19.1. The molecule has 1 amide bonds. The molecule has 1 fully saturated rings. The summed E-state index contributed by atoms with van der Waals surface area (Å²) >= 11 is 3.24. The lowest BCUT2D eigenvalue weighted by Gasteiger charge is -2.19. The molecular formula is C20H22N3O2S2+. The van der Waals surface area contributed by atoms with Crippen LogP contribution in [0, 0.1) is 0 Å². The zero-order chi connectivity index (χ0) is 18.6. The molecule has 2 atom stereocenters. The minimum Gasteiger partial charge on any atom is -0.497 e. The highest BCUT2D eigenvalue weighted by atomic mass is 32.1. The van der Waals surface area contributed by atoms with Crippen LogP contribution in [0.3, 0.4) is 0 Å². The number of carbonyl (C=O) groups excluding carboxylic acids is 1. The molecule has 1 aliphatic heterocycles. The van der Waals surface area contributed by atoms with Crippen LogP contribution in [0.1, 0.15) is 23.8 Å². The molecule has 0 spiro atoms. The maximum atomic E-state index is 12.5. The van der Waals surface area contributed by atoms with Crippen LogP contribution in [0.15, 0.2) is 47.2 Å². The second-order valence-corrected chi connectivity index (χ2v) is 8.45. The number of nitrogens with one attached hydrogen (secondary N) is 2. The molecule has 27 heavy (non-hydrogen) atoms. The molecule has 7 heteroatoms. The Labute approximate surface area is 166 Å². The SMILES string of the molecule is COc1ccc(-c2csc(NC(=O)C[NH+]3CCC[C@@H]3c3cccs3)n2)cc1. The Bertz CT molecular complexity index is 890. The predicted octanol–water partition coefficient (Wildman–Crippen LogP) is 3.24. The second kappa shape index (κ2) is 8.21. The number of amides is 1. The van der Waals surface area contributed by atoms with Gasteiger partial charge < -0.3 is 9.64 Å². The van der Waals surface area contributed by atoms with Crippen molar-refractivity contribution >= 4 is 33.7 Å². The number of hydrogen-bond acceptors (Lipinski definition) is 5. The van der Waals surface area contributed by atoms with Gasteiger partial charge in [-0.3, -0.25) is 10.1 Å². The molecule has 1 aromatic carbocycles. The number of ether oxygens (including phenoxy) is 1. The van der Waals surface area contributed by atoms with Gasteiger partial charge in [-0.2, -0.15) is 0 Å². The molecule has 140 valence electrons. The number of quaternary nitrogens is 1. The van der Waals surface area contributed by atoms with Crippen molar-refractivity contribution in [3.63, 3.8) is 0 Å². The topological polar surface area (TPSA) is 55.7 Å². The van der Waals surface area contributed by atoms with E-state index in [2.05, 4.69) is 27.8 Å². The Morgan fingerprint density at radius 2 is 2.15 bits per heavy atom. The molecule has 2 aromatic heterocycles. The first-order valence-corrected chi connectivity index (χ1v) is 10.8. The van der Waals surface area contributed by atoms with E-state index in [1.807, 2.05) is 29.6 Å². The van der Waals surface area contributed by atoms with Crippen molar-refractivity contribution in [2.45, 2.75) is 18.9 Å². The summed E-state index contributed by atoms with van der Waals surface area (Å²) in [5.74, 6) is 0.848. The summed E-state index contributed by atoms with van der Waals surface area (Å²) < 4.78 is 5.19. The van der Waals surface area contributed by atoms with E-state index in [0.29, 0.717) is 17.7 Å². The van der Waals surface area contributed by atoms with Gasteiger partial charge in [-0.1, -0.05) is 6.07 Å². The Morgan fingerprint density at radius 3 is 2.89 bits per heavy atom. The Balaban J connectivity index is 1.38. The molecule has 4 rings (SSSR count). The Hall–Kier alpha value is -2.22. The van der Waals surface area contributed by atoms with E-state index in [4.69, 9.17) is 4.74 Å². The Morgan fingerprint density at radius 1 is 1.30 bits per heavy atom. The van der Waals surface area contributed by atoms with Crippen LogP contribution in [0.5, 0.6) is 5.75 Å². The van der Waals surface area contributed by atoms with Gasteiger partial charge in [0.2, 0.25) is 0 Å². The molecule has 3 heterocycles. The number of nitrogens with zero attached hydrogens (tertiary/aromatic N) is 1. The highest BCUT2D eigenvalue weighted by Crippen LogP contribution is 2.26. The highest BCUT2D eigenvalue weighted by molar-refractivity contribution is 7.14. The summed E-state index contributed by atoms with van der Waals surface area (Å²) in [6.45, 7) is 1.53. The van der Waals surface area contributed by atoms with Crippen LogP contribution < -0.4 is 15.0 Å². The number of rotatable bonds is 6. The van der Waals surface area contributed by atoms with Crippen molar-refractivity contribution in [3.8, 4) is 17.0 Å². The summed E-state index contributed by atoms with van der Waals surface area (Å²) in [4.78, 5) is 19.8. The quantitative estimate of drug-likeness (QED) is 0.668. The lowest BCUT2D eigenvalue weighted by atomic mass is 10.2. The van der Waals surface area contributed by atoms with Gasteiger partial charge in [0.25, 0.3) is 5.91 Å². The molecular weight excluding hydrogens is 378 g/mol. The lowest BCUT2D eigenvalue weighted by molar-refractivity contribution is -0.910. The first-order chi connectivity index (χ1) is 13.2. The molecule has 1 unspecified atom stereocenters. The van der Waals surface area contributed by atoms with Crippen LogP contribution in [0.2, 0.25) is 0 Å². The molecule has 1 saturated heterocycles. The van der Waals surface area contributed by atoms with E-state index >= 15 is 0 Å². The average molecular weight is 401 g/mol. The number of aromatic nitrogens is 1. The fourth-order valence-corrected chi connectivity index (χ4v) is 5.21. The fourth-order valence-electron chi connectivity index (χ4n) is 3.55. The van der Waals surface area contributed by atoms with Gasteiger partial charge in [0.15, 0.2) is 11.7 Å². The van der Waals surface area contributed by atoms with Gasteiger partial charge in [0.05, 0.1) is 24.2 Å². The second-order valence-electron chi connectivity index (χ2n) is 6.61. The van der Waals surface area contributed by atoms with E-state index in [9.17, 15) is 4.79 Å². The maximum absolute atomic E-state index is 12.5. The summed E-state index contributed by atoms with van der Waals surface area (Å²) in [6.07, 6.45) is 2.33. The third-order valence-electron chi connectivity index (χ3n) is 4.89. The monoisotopic (exact) mass is 400 g/mol. The van der Waals surface area contributed by atoms with Gasteiger partial charge in [0, 0.05) is 23.8 Å². The van der Waals surface area contributed by atoms with Crippen molar-refractivity contribution in [2.75, 3.05) is 25.5 Å². The van der Waals surface area contributed by atoms with E-state index < -0.39 is 0 Å². The van der Waals surface area contributed by atoms with E-state index in [1.54, 1.807) is 18.4 Å². The summed E-state index contributed by atoms with van der Waals surface area (Å²) in [6, 6.07) is 12.5. The molecule has 0 radical (unpaired) electrons. The number of carbonyl (C=O) groups is 1. The van der Waals surface area contributed by atoms with Crippen LogP contribution >= 0.6 is 22.7 Å². The van der Waals surface area contributed by atoms with Crippen LogP contribution in [-0.4, -0.2) is 31.1 Å². The first kappa shape index (κ1) is 18.2. The maximum Gasteiger partial charge on any atom is 0.281 e. The summed E-state index contributed by atoms with van der Waals surface area (Å²) in [7, 11) is 1.65. The minimum absolute atomic E-state index is 0.0316. The van der Waals surface area contributed by atoms with Gasteiger partial charge in [-0.05, 0) is 35.7 Å². The number of anilines is 1. The summed E-state index contributed by atoms with van der Waals surface area (Å²) in [5.41, 5.74) is 1.87. The van der Waals surface area contributed by atoms with Gasteiger partial charge >= 0.3 is 0 Å². The molecule has 0 saturated carbocycles. The largest absolute Gasteiger partial charge is 0.497 e. The number of hydrogen-bond donors (Lipinski definition) is 2. The number of methoxy groups -OCH3 is 1. The van der Waals surface area contributed by atoms with Crippen molar-refractivity contribution in [3.05, 3.63) is 52.0 Å². The van der Waals surface area contributed by atoms with Gasteiger partial charge in [0.1, 0.15) is 11.8 Å². The third-order valence-corrected chi connectivity index (χ3v) is 6.64. The van der Waals surface area contributed by atoms with Crippen LogP contribution in [0.4, 0.5) is 5.13 Å². The van der Waals surface area contributed by atoms with Crippen molar-refractivity contribution in [2.24, 2.45) is 0 Å². The van der Waals surface area contributed by atoms with E-state index in [0.717, 1.165) is 30.0 Å². The minimum atomic E-state index is 0.0316. The van der Waals surface area contributed by atoms with E-state index in [-0.39, 0.29) is 5.91 Å². The first-order valence-electron chi connectivity index (χ1n) is 9.01. The molecule has 2 N–H and O–H groups in total. The van der Waals surface area contributed by atoms with Gasteiger partial charge in [-0.25, -0.2) is 4.98 Å². The number of likely N-dealkylation sites (tertiary alicyclic amines) is 1. The zero-order valence-electron chi connectivity index (χ0n) is 15.1. The average Bonchev–Trinajstić information content (AvgIpc) is 3.43.